The first kappa shape index (κ1) is 13.9. The molecule has 0 fully saturated rings. The summed E-state index contributed by atoms with van der Waals surface area (Å²) in [5, 5.41) is 8.28. The number of amidine groups is 1. The molecule has 0 bridgehead atoms. The van der Waals surface area contributed by atoms with Crippen LogP contribution in [0.5, 0.6) is 0 Å². The van der Waals surface area contributed by atoms with Crippen molar-refractivity contribution < 1.29 is 4.84 Å². The van der Waals surface area contributed by atoms with Crippen LogP contribution in [0.15, 0.2) is 28.3 Å². The number of benzene rings is 1. The zero-order chi connectivity index (χ0) is 14.0. The fourth-order valence-corrected chi connectivity index (χ4v) is 2.35. The summed E-state index contributed by atoms with van der Waals surface area (Å²) in [6.45, 7) is 6.56. The summed E-state index contributed by atoms with van der Waals surface area (Å²) in [5.41, 5.74) is 2.40. The summed E-state index contributed by atoms with van der Waals surface area (Å²) in [5.74, 6) is 0.862. The summed E-state index contributed by atoms with van der Waals surface area (Å²) in [6.07, 6.45) is 0. The number of rotatable bonds is 2. The second-order valence-electron chi connectivity index (χ2n) is 4.87. The minimum atomic E-state index is -0.346. The highest BCUT2D eigenvalue weighted by atomic mass is 35.5. The largest absolute Gasteiger partial charge is 0.396 e. The fraction of sp³-hybridized carbons (Fsp3) is 0.429. The van der Waals surface area contributed by atoms with Gasteiger partial charge >= 0.3 is 0 Å². The van der Waals surface area contributed by atoms with Gasteiger partial charge in [0.15, 0.2) is 0 Å². The Bertz CT molecular complexity index is 550. The minimum absolute atomic E-state index is 0.346. The Kier molecular flexibility index (Phi) is 3.80. The second-order valence-corrected chi connectivity index (χ2v) is 5.31. The summed E-state index contributed by atoms with van der Waals surface area (Å²) >= 11 is 6.09. The predicted octanol–water partition coefficient (Wildman–Crippen LogP) is 3.56. The van der Waals surface area contributed by atoms with E-state index in [1.165, 1.54) is 0 Å². The SMILES string of the molecule is CCON=C1c2cc(Cl)ccc2NC(=NC)C1(C)C. The fourth-order valence-electron chi connectivity index (χ4n) is 2.18. The van der Waals surface area contributed by atoms with E-state index in [2.05, 4.69) is 29.3 Å². The zero-order valence-corrected chi connectivity index (χ0v) is 12.4. The molecule has 1 aromatic carbocycles. The lowest BCUT2D eigenvalue weighted by molar-refractivity contribution is 0.157. The van der Waals surface area contributed by atoms with E-state index in [-0.39, 0.29) is 5.41 Å². The van der Waals surface area contributed by atoms with E-state index in [9.17, 15) is 0 Å². The molecule has 1 aliphatic rings. The van der Waals surface area contributed by atoms with E-state index in [0.29, 0.717) is 11.6 Å². The Morgan fingerprint density at radius 2 is 2.11 bits per heavy atom. The number of aliphatic imine (C=N–C) groups is 1. The van der Waals surface area contributed by atoms with Crippen LogP contribution in [-0.4, -0.2) is 25.2 Å². The van der Waals surface area contributed by atoms with Crippen molar-refractivity contribution in [2.24, 2.45) is 15.6 Å². The van der Waals surface area contributed by atoms with E-state index in [0.717, 1.165) is 22.8 Å². The molecule has 1 aliphatic heterocycles. The van der Waals surface area contributed by atoms with Gasteiger partial charge in [-0.3, -0.25) is 4.99 Å². The second kappa shape index (κ2) is 5.21. The number of hydrogen-bond acceptors (Lipinski definition) is 3. The van der Waals surface area contributed by atoms with Crippen molar-refractivity contribution in [3.8, 4) is 0 Å². The Morgan fingerprint density at radius 3 is 2.74 bits per heavy atom. The molecule has 102 valence electrons. The minimum Gasteiger partial charge on any atom is -0.396 e. The third kappa shape index (κ3) is 2.45. The maximum Gasteiger partial charge on any atom is 0.114 e. The molecule has 0 unspecified atom stereocenters. The van der Waals surface area contributed by atoms with Crippen molar-refractivity contribution in [3.63, 3.8) is 0 Å². The lowest BCUT2D eigenvalue weighted by atomic mass is 9.78. The van der Waals surface area contributed by atoms with Crippen LogP contribution in [0, 0.1) is 5.41 Å². The number of nitrogens with zero attached hydrogens (tertiary/aromatic N) is 2. The molecule has 0 aliphatic carbocycles. The van der Waals surface area contributed by atoms with Gasteiger partial charge in [-0.2, -0.15) is 0 Å². The molecule has 0 spiro atoms. The molecule has 1 N–H and O–H groups in total. The molecule has 0 saturated heterocycles. The summed E-state index contributed by atoms with van der Waals surface area (Å²) in [6, 6.07) is 5.67. The monoisotopic (exact) mass is 279 g/mol. The maximum atomic E-state index is 6.09. The zero-order valence-electron chi connectivity index (χ0n) is 11.6. The standard InChI is InChI=1S/C14H18ClN3O/c1-5-19-18-12-10-8-9(15)6-7-11(10)17-13(16-4)14(12,2)3/h6-8H,5H2,1-4H3,(H,16,17). The van der Waals surface area contributed by atoms with E-state index in [1.54, 1.807) is 7.05 Å². The molecule has 4 nitrogen and oxygen atoms in total. The summed E-state index contributed by atoms with van der Waals surface area (Å²) in [7, 11) is 1.77. The number of oxime groups is 1. The number of fused-ring (bicyclic) bond motifs is 1. The van der Waals surface area contributed by atoms with Gasteiger partial charge in [0.1, 0.15) is 18.2 Å². The number of halogens is 1. The molecule has 0 aromatic heterocycles. The van der Waals surface area contributed by atoms with Crippen LogP contribution in [0.4, 0.5) is 5.69 Å². The average molecular weight is 280 g/mol. The molecule has 1 heterocycles. The van der Waals surface area contributed by atoms with Crippen LogP contribution in [0.3, 0.4) is 0 Å². The van der Waals surface area contributed by atoms with E-state index < -0.39 is 0 Å². The first-order valence-electron chi connectivity index (χ1n) is 6.25. The Hall–Kier alpha value is -1.55. The van der Waals surface area contributed by atoms with Crippen molar-refractivity contribution in [1.29, 1.82) is 0 Å². The van der Waals surface area contributed by atoms with Gasteiger partial charge in [-0.1, -0.05) is 16.8 Å². The number of anilines is 1. The van der Waals surface area contributed by atoms with Gasteiger partial charge in [-0.15, -0.1) is 0 Å². The first-order valence-corrected chi connectivity index (χ1v) is 6.63. The highest BCUT2D eigenvalue weighted by Crippen LogP contribution is 2.36. The normalized spacial score (nSPS) is 21.1. The van der Waals surface area contributed by atoms with Gasteiger partial charge in [0, 0.05) is 23.3 Å². The van der Waals surface area contributed by atoms with Gasteiger partial charge in [0.25, 0.3) is 0 Å². The first-order chi connectivity index (χ1) is 9.00. The molecule has 0 atom stereocenters. The highest BCUT2D eigenvalue weighted by Gasteiger charge is 2.38. The van der Waals surface area contributed by atoms with E-state index in [4.69, 9.17) is 16.4 Å². The van der Waals surface area contributed by atoms with Crippen LogP contribution in [0.2, 0.25) is 5.02 Å². The third-order valence-electron chi connectivity index (χ3n) is 3.18. The number of hydrogen-bond donors (Lipinski definition) is 1. The Labute approximate surface area is 118 Å². The molecule has 0 amide bonds. The van der Waals surface area contributed by atoms with Crippen LogP contribution >= 0.6 is 11.6 Å². The van der Waals surface area contributed by atoms with Gasteiger partial charge in [-0.25, -0.2) is 0 Å². The molecule has 1 aromatic rings. The van der Waals surface area contributed by atoms with Gasteiger partial charge in [0.05, 0.1) is 5.41 Å². The molecular formula is C14H18ClN3O. The smallest absolute Gasteiger partial charge is 0.114 e. The van der Waals surface area contributed by atoms with Crippen molar-refractivity contribution in [3.05, 3.63) is 28.8 Å². The maximum absolute atomic E-state index is 6.09. The van der Waals surface area contributed by atoms with Crippen molar-refractivity contribution in [2.75, 3.05) is 19.0 Å². The Morgan fingerprint density at radius 1 is 1.37 bits per heavy atom. The topological polar surface area (TPSA) is 46.0 Å². The van der Waals surface area contributed by atoms with Gasteiger partial charge in [-0.05, 0) is 39.0 Å². The molecule has 0 radical (unpaired) electrons. The molecule has 2 rings (SSSR count). The lowest BCUT2D eigenvalue weighted by Gasteiger charge is -2.34. The van der Waals surface area contributed by atoms with Crippen LogP contribution < -0.4 is 5.32 Å². The summed E-state index contributed by atoms with van der Waals surface area (Å²) in [4.78, 5) is 9.58. The van der Waals surface area contributed by atoms with Crippen LogP contribution in [-0.2, 0) is 4.84 Å². The van der Waals surface area contributed by atoms with Gasteiger partial charge in [0.2, 0.25) is 0 Å². The number of nitrogens with one attached hydrogen (secondary N) is 1. The highest BCUT2D eigenvalue weighted by molar-refractivity contribution is 6.33. The van der Waals surface area contributed by atoms with Crippen molar-refractivity contribution in [1.82, 2.24) is 0 Å². The summed E-state index contributed by atoms with van der Waals surface area (Å²) < 4.78 is 0. The molecular weight excluding hydrogens is 262 g/mol. The Balaban J connectivity index is 2.62. The molecule has 19 heavy (non-hydrogen) atoms. The molecule has 0 saturated carbocycles. The third-order valence-corrected chi connectivity index (χ3v) is 3.42. The quantitative estimate of drug-likeness (QED) is 0.842. The van der Waals surface area contributed by atoms with Crippen LogP contribution in [0.25, 0.3) is 0 Å². The van der Waals surface area contributed by atoms with E-state index >= 15 is 0 Å². The van der Waals surface area contributed by atoms with Gasteiger partial charge < -0.3 is 10.2 Å². The van der Waals surface area contributed by atoms with E-state index in [1.807, 2.05) is 25.1 Å². The van der Waals surface area contributed by atoms with Crippen molar-refractivity contribution in [2.45, 2.75) is 20.8 Å². The molecule has 5 heteroatoms. The van der Waals surface area contributed by atoms with Crippen LogP contribution in [0.1, 0.15) is 26.3 Å². The lowest BCUT2D eigenvalue weighted by Crippen LogP contribution is -2.43. The van der Waals surface area contributed by atoms with Crippen molar-refractivity contribution >= 4 is 28.8 Å². The predicted molar refractivity (Wildman–Crippen MR) is 80.4 cm³/mol. The average Bonchev–Trinajstić information content (AvgIpc) is 2.37.